The van der Waals surface area contributed by atoms with Crippen LogP contribution in [0.15, 0.2) is 112 Å². The predicted molar refractivity (Wildman–Crippen MR) is 197 cm³/mol. The second kappa shape index (κ2) is 17.1. The highest BCUT2D eigenvalue weighted by Crippen LogP contribution is 2.52. The molecule has 0 spiro atoms. The molecule has 0 radical (unpaired) electrons. The minimum atomic E-state index is -1.61. The minimum Gasteiger partial charge on any atom is -0.374 e. The van der Waals surface area contributed by atoms with Gasteiger partial charge in [-0.2, -0.15) is 5.26 Å². The maximum atomic E-state index is 13.7. The highest BCUT2D eigenvalue weighted by molar-refractivity contribution is 8.00. The third-order valence-electron chi connectivity index (χ3n) is 8.58. The van der Waals surface area contributed by atoms with Crippen molar-refractivity contribution >= 4 is 20.3 Å². The summed E-state index contributed by atoms with van der Waals surface area (Å²) in [4.78, 5) is 30.2. The Hall–Kier alpha value is -3.59. The number of benzene rings is 3. The maximum Gasteiger partial charge on any atom is 0.330 e. The zero-order valence-electron chi connectivity index (χ0n) is 29.3. The maximum absolute atomic E-state index is 13.7. The predicted octanol–water partition coefficient (Wildman–Crippen LogP) is 7.21. The highest BCUT2D eigenvalue weighted by Gasteiger charge is 2.48. The van der Waals surface area contributed by atoms with Gasteiger partial charge in [-0.25, -0.2) is 9.46 Å². The van der Waals surface area contributed by atoms with Crippen molar-refractivity contribution in [2.24, 2.45) is 0 Å². The van der Waals surface area contributed by atoms with Gasteiger partial charge < -0.3 is 18.5 Å². The number of nitriles is 1. The van der Waals surface area contributed by atoms with E-state index < -0.39 is 49.1 Å². The number of aromatic nitrogens is 2. The molecular weight excluding hydrogens is 671 g/mol. The fourth-order valence-electron chi connectivity index (χ4n) is 6.41. The summed E-state index contributed by atoms with van der Waals surface area (Å²) >= 11 is 1.37. The molecule has 264 valence electrons. The van der Waals surface area contributed by atoms with E-state index in [1.165, 1.54) is 16.3 Å². The monoisotopic (exact) mass is 716 g/mol. The van der Waals surface area contributed by atoms with Gasteiger partial charge >= 0.3 is 5.69 Å². The lowest BCUT2D eigenvalue weighted by Gasteiger charge is -2.38. The Kier molecular flexibility index (Phi) is 12.9. The first-order valence-corrected chi connectivity index (χ1v) is 18.7. The van der Waals surface area contributed by atoms with Gasteiger partial charge in [-0.15, -0.1) is 0 Å². The zero-order valence-corrected chi connectivity index (χ0v) is 31.0. The normalized spacial score (nSPS) is 20.0. The second-order valence-corrected chi connectivity index (χ2v) is 15.3. The number of ether oxygens (including phenoxy) is 2. The van der Waals surface area contributed by atoms with Crippen LogP contribution in [-0.2, 0) is 23.3 Å². The molecule has 1 aliphatic heterocycles. The lowest BCUT2D eigenvalue weighted by Crippen LogP contribution is -2.41. The number of nitrogens with zero attached hydrogens (tertiary/aromatic N) is 3. The molecule has 2 heterocycles. The summed E-state index contributed by atoms with van der Waals surface area (Å²) in [6.07, 6.45) is -0.955. The van der Waals surface area contributed by atoms with Crippen molar-refractivity contribution in [2.75, 3.05) is 13.7 Å². The summed E-state index contributed by atoms with van der Waals surface area (Å²) in [5.74, 6) is 0. The summed E-state index contributed by atoms with van der Waals surface area (Å²) in [5.41, 5.74) is 1.78. The van der Waals surface area contributed by atoms with Crippen molar-refractivity contribution in [3.8, 4) is 6.07 Å². The van der Waals surface area contributed by atoms with Gasteiger partial charge in [-0.3, -0.25) is 14.3 Å². The second-order valence-electron chi connectivity index (χ2n) is 12.6. The third-order valence-corrected chi connectivity index (χ3v) is 12.2. The van der Waals surface area contributed by atoms with Gasteiger partial charge in [0.05, 0.1) is 34.8 Å². The molecule has 0 unspecified atom stereocenters. The molecule has 1 aromatic heterocycles. The molecule has 1 aliphatic rings. The molecule has 5 atom stereocenters. The molecule has 0 amide bonds. The molecule has 4 aromatic rings. The Morgan fingerprint density at radius 3 is 1.90 bits per heavy atom. The molecule has 10 nitrogen and oxygen atoms in total. The average molecular weight is 717 g/mol. The van der Waals surface area contributed by atoms with Crippen LogP contribution in [0.2, 0.25) is 0 Å². The van der Waals surface area contributed by atoms with E-state index in [1.54, 1.807) is 13.3 Å². The average Bonchev–Trinajstić information content (AvgIpc) is 3.42. The smallest absolute Gasteiger partial charge is 0.330 e. The van der Waals surface area contributed by atoms with Gasteiger partial charge in [0.25, 0.3) is 14.1 Å². The Labute approximate surface area is 299 Å². The van der Waals surface area contributed by atoms with Crippen LogP contribution in [0.5, 0.6) is 0 Å². The number of H-pyrrole nitrogens is 1. The fraction of sp³-hybridized carbons (Fsp3) is 0.395. The van der Waals surface area contributed by atoms with E-state index >= 15 is 0 Å². The van der Waals surface area contributed by atoms with E-state index in [0.717, 1.165) is 16.7 Å². The van der Waals surface area contributed by atoms with Crippen LogP contribution in [0.1, 0.15) is 64.0 Å². The molecule has 1 fully saturated rings. The zero-order chi connectivity index (χ0) is 35.8. The number of thioether (sulfide) groups is 1. The summed E-state index contributed by atoms with van der Waals surface area (Å²) in [7, 11) is -0.0645. The summed E-state index contributed by atoms with van der Waals surface area (Å²) in [6.45, 7) is 10.3. The fourth-order valence-corrected chi connectivity index (χ4v) is 9.62. The van der Waals surface area contributed by atoms with Crippen molar-refractivity contribution in [1.29, 1.82) is 5.26 Å². The van der Waals surface area contributed by atoms with Crippen molar-refractivity contribution in [2.45, 2.75) is 87.3 Å². The van der Waals surface area contributed by atoms with Crippen LogP contribution in [-0.4, -0.2) is 58.3 Å². The number of aromatic amines is 1. The van der Waals surface area contributed by atoms with E-state index in [9.17, 15) is 9.59 Å². The molecule has 3 aromatic carbocycles. The lowest BCUT2D eigenvalue weighted by atomic mass is 9.84. The first-order chi connectivity index (χ1) is 24.1. The molecule has 0 aliphatic carbocycles. The van der Waals surface area contributed by atoms with Crippen LogP contribution >= 0.6 is 20.3 Å². The highest BCUT2D eigenvalue weighted by atomic mass is 32.2. The van der Waals surface area contributed by atoms with E-state index in [-0.39, 0.29) is 25.1 Å². The van der Waals surface area contributed by atoms with Gasteiger partial charge in [0, 0.05) is 25.4 Å². The molecular formula is C38H45N4O6PS. The minimum absolute atomic E-state index is 0.0955. The van der Waals surface area contributed by atoms with Gasteiger partial charge in [0.15, 0.2) is 6.23 Å². The van der Waals surface area contributed by atoms with E-state index in [1.807, 2.05) is 61.5 Å². The van der Waals surface area contributed by atoms with Gasteiger partial charge in [0.2, 0.25) is 0 Å². The van der Waals surface area contributed by atoms with E-state index in [0.29, 0.717) is 4.90 Å². The standard InChI is InChI=1S/C38H45N4O6PS/c1-26(2)42(27(3)4)49(46-24-16-23-39)48-33-28(5)47-36(34(33)45-6)41-25-32(35(43)40-37(41)44)50-38(29-17-10-7-11-18-29,30-19-12-8-13-20-30)31-21-14-9-15-22-31/h7-15,17-22,25-28,33-34,36H,16,24H2,1-6H3,(H,40,43,44)/t28-,33-,34-,36-,49+/m1/s1. The van der Waals surface area contributed by atoms with E-state index in [2.05, 4.69) is 79.8 Å². The van der Waals surface area contributed by atoms with Crippen molar-refractivity contribution in [3.63, 3.8) is 0 Å². The van der Waals surface area contributed by atoms with Crippen molar-refractivity contribution in [1.82, 2.24) is 14.2 Å². The number of rotatable bonds is 15. The Bertz CT molecular complexity index is 1730. The number of hydrogen-bond acceptors (Lipinski definition) is 9. The quantitative estimate of drug-likeness (QED) is 0.0589. The lowest BCUT2D eigenvalue weighted by molar-refractivity contribution is -0.0514. The van der Waals surface area contributed by atoms with Gasteiger partial charge in [0.1, 0.15) is 12.2 Å². The van der Waals surface area contributed by atoms with Crippen LogP contribution in [0.25, 0.3) is 0 Å². The van der Waals surface area contributed by atoms with Crippen LogP contribution < -0.4 is 11.2 Å². The number of nitrogens with one attached hydrogen (secondary N) is 1. The Morgan fingerprint density at radius 1 is 0.920 bits per heavy atom. The topological polar surface area (TPSA) is 119 Å². The van der Waals surface area contributed by atoms with E-state index in [4.69, 9.17) is 23.8 Å². The van der Waals surface area contributed by atoms with Crippen LogP contribution in [0, 0.1) is 11.3 Å². The van der Waals surface area contributed by atoms with Crippen molar-refractivity contribution < 1.29 is 18.5 Å². The third kappa shape index (κ3) is 7.98. The summed E-state index contributed by atoms with van der Waals surface area (Å²) in [6, 6.07) is 32.4. The van der Waals surface area contributed by atoms with Crippen LogP contribution in [0.3, 0.4) is 0 Å². The largest absolute Gasteiger partial charge is 0.374 e. The molecule has 1 N–H and O–H groups in total. The SMILES string of the molecule is CO[C@@H]1[C@H](O[P@](OCCC#N)N(C(C)C)C(C)C)[C@@H](C)O[C@H]1n1cc(SC(c2ccccc2)(c2ccccc2)c2ccccc2)c(=O)[nH]c1=O. The molecule has 0 bridgehead atoms. The van der Waals surface area contributed by atoms with Crippen LogP contribution in [0.4, 0.5) is 0 Å². The number of methoxy groups -OCH3 is 1. The number of hydrogen-bond donors (Lipinski definition) is 1. The summed E-state index contributed by atoms with van der Waals surface area (Å²) in [5, 5.41) is 9.16. The molecule has 5 rings (SSSR count). The van der Waals surface area contributed by atoms with Gasteiger partial charge in [-0.05, 0) is 51.3 Å². The molecule has 1 saturated heterocycles. The Morgan fingerprint density at radius 2 is 1.44 bits per heavy atom. The molecule has 12 heteroatoms. The van der Waals surface area contributed by atoms with Gasteiger partial charge in [-0.1, -0.05) is 103 Å². The molecule has 0 saturated carbocycles. The summed E-state index contributed by atoms with van der Waals surface area (Å²) < 4.78 is 27.9. The molecule has 50 heavy (non-hydrogen) atoms. The first kappa shape index (κ1) is 37.7. The first-order valence-electron chi connectivity index (χ1n) is 16.8. The Balaban J connectivity index is 1.57. The van der Waals surface area contributed by atoms with Crippen molar-refractivity contribution in [3.05, 3.63) is 135 Å².